The van der Waals surface area contributed by atoms with E-state index in [1.54, 1.807) is 0 Å². The molecular formula is C44H78NO9P. The van der Waals surface area contributed by atoms with Crippen LogP contribution >= 0.6 is 7.82 Å². The Morgan fingerprint density at radius 1 is 0.618 bits per heavy atom. The molecule has 0 aliphatic carbocycles. The first kappa shape index (κ1) is 52.7. The number of rotatable bonds is 38. The molecule has 0 aliphatic rings. The number of phosphoric acid groups is 1. The van der Waals surface area contributed by atoms with Crippen LogP contribution in [0.5, 0.6) is 0 Å². The number of esters is 2. The van der Waals surface area contributed by atoms with E-state index in [1.807, 2.05) is 27.2 Å². The van der Waals surface area contributed by atoms with Crippen molar-refractivity contribution in [2.24, 2.45) is 0 Å². The van der Waals surface area contributed by atoms with Crippen LogP contribution < -0.4 is 4.89 Å². The fourth-order valence-corrected chi connectivity index (χ4v) is 5.94. The molecule has 0 rings (SSSR count). The smallest absolute Gasteiger partial charge is 0.306 e. The molecule has 0 aliphatic heterocycles. The lowest BCUT2D eigenvalue weighted by atomic mass is 10.1. The summed E-state index contributed by atoms with van der Waals surface area (Å²) in [6.45, 7) is 2.12. The van der Waals surface area contributed by atoms with Gasteiger partial charge >= 0.3 is 11.9 Å². The van der Waals surface area contributed by atoms with E-state index in [1.165, 1.54) is 32.1 Å². The predicted octanol–water partition coefficient (Wildman–Crippen LogP) is 10.0. The van der Waals surface area contributed by atoms with Crippen LogP contribution in [0.25, 0.3) is 0 Å². The van der Waals surface area contributed by atoms with E-state index in [0.29, 0.717) is 30.3 Å². The number of unbranched alkanes of at least 4 members (excludes halogenated alkanes) is 13. The maximum absolute atomic E-state index is 12.6. The zero-order valence-electron chi connectivity index (χ0n) is 35.1. The summed E-state index contributed by atoms with van der Waals surface area (Å²) in [5.74, 6) is -0.930. The second-order valence-corrected chi connectivity index (χ2v) is 16.5. The highest BCUT2D eigenvalue weighted by atomic mass is 31.2. The molecule has 2 atom stereocenters. The third kappa shape index (κ3) is 41.1. The summed E-state index contributed by atoms with van der Waals surface area (Å²) in [7, 11) is 1.10. The van der Waals surface area contributed by atoms with Gasteiger partial charge in [-0.05, 0) is 83.5 Å². The van der Waals surface area contributed by atoms with Gasteiger partial charge in [-0.15, -0.1) is 0 Å². The normalized spacial score (nSPS) is 14.2. The van der Waals surface area contributed by atoms with Gasteiger partial charge in [-0.2, -0.15) is 0 Å². The number of aliphatic hydroxyl groups excluding tert-OH is 1. The molecule has 2 unspecified atom stereocenters. The number of carbonyl (C=O) groups is 2. The van der Waals surface area contributed by atoms with Crippen molar-refractivity contribution in [3.8, 4) is 0 Å². The molecule has 0 aromatic rings. The van der Waals surface area contributed by atoms with Gasteiger partial charge in [-0.3, -0.25) is 14.2 Å². The number of phosphoric ester groups is 1. The number of nitrogens with zero attached hydrogens (tertiary/aromatic N) is 1. The van der Waals surface area contributed by atoms with Crippen molar-refractivity contribution < 1.29 is 47.2 Å². The van der Waals surface area contributed by atoms with Crippen molar-refractivity contribution in [1.29, 1.82) is 0 Å². The molecule has 0 fully saturated rings. The lowest BCUT2D eigenvalue weighted by molar-refractivity contribution is -0.870. The Bertz CT molecular complexity index is 1130. The first-order valence-electron chi connectivity index (χ1n) is 21.1. The number of likely N-dealkylation sites (N-methyl/N-ethyl adjacent to an activating group) is 1. The Hall–Kier alpha value is -2.33. The molecule has 318 valence electrons. The minimum absolute atomic E-state index is 0.0497. The Balaban J connectivity index is 4.50. The standard InChI is InChI=1S/C44H78NO9P/c1-5-6-7-8-9-10-11-17-20-23-26-29-32-35-43(47)51-40-42(41-53-55(49,50)52-39-37-45(2,3)4)54-44(48)36-33-30-27-24-21-18-15-13-12-14-16-19-22-25-28-31-34-38-46/h10-12,14-15,18-19,22,24,27,42,46H,5-9,13,16-17,20-21,23,25-26,28-41H2,1-4H3/b11-10-,14-12-,18-15-,22-19-,27-24-. The van der Waals surface area contributed by atoms with Gasteiger partial charge in [0.2, 0.25) is 0 Å². The Kier molecular flexibility index (Phi) is 35.7. The van der Waals surface area contributed by atoms with Gasteiger partial charge in [0.15, 0.2) is 6.10 Å². The number of quaternary nitrogens is 1. The van der Waals surface area contributed by atoms with Crippen molar-refractivity contribution in [2.75, 3.05) is 54.1 Å². The van der Waals surface area contributed by atoms with Crippen LogP contribution in [0.3, 0.4) is 0 Å². The SMILES string of the molecule is CCCCCC/C=C\CCCCCCCC(=O)OCC(COP(=O)([O-])OCC[N+](C)(C)C)OC(=O)CCC/C=C\C/C=C\C/C=C\C/C=C\CCCCCO. The molecule has 0 saturated carbocycles. The molecule has 0 aromatic carbocycles. The summed E-state index contributed by atoms with van der Waals surface area (Å²) >= 11 is 0. The molecule has 1 N–H and O–H groups in total. The van der Waals surface area contributed by atoms with Crippen LogP contribution in [-0.4, -0.2) is 81.7 Å². The van der Waals surface area contributed by atoms with E-state index in [9.17, 15) is 19.0 Å². The molecule has 0 bridgehead atoms. The monoisotopic (exact) mass is 796 g/mol. The fraction of sp³-hybridized carbons (Fsp3) is 0.727. The summed E-state index contributed by atoms with van der Waals surface area (Å²) in [6, 6.07) is 0. The number of hydrogen-bond donors (Lipinski definition) is 1. The largest absolute Gasteiger partial charge is 0.756 e. The average Bonchev–Trinajstić information content (AvgIpc) is 3.13. The van der Waals surface area contributed by atoms with Crippen molar-refractivity contribution in [3.05, 3.63) is 60.8 Å². The lowest BCUT2D eigenvalue weighted by Crippen LogP contribution is -2.37. The number of aliphatic hydroxyl groups is 1. The summed E-state index contributed by atoms with van der Waals surface area (Å²) in [4.78, 5) is 37.4. The average molecular weight is 796 g/mol. The van der Waals surface area contributed by atoms with Crippen molar-refractivity contribution in [2.45, 2.75) is 154 Å². The Morgan fingerprint density at radius 3 is 1.65 bits per heavy atom. The van der Waals surface area contributed by atoms with Gasteiger partial charge in [-0.1, -0.05) is 113 Å². The summed E-state index contributed by atoms with van der Waals surface area (Å²) in [5.41, 5.74) is 0. The number of hydrogen-bond acceptors (Lipinski definition) is 9. The molecule has 0 spiro atoms. The molecule has 0 amide bonds. The van der Waals surface area contributed by atoms with Gasteiger partial charge in [0.25, 0.3) is 7.82 Å². The van der Waals surface area contributed by atoms with Gasteiger partial charge in [0.05, 0.1) is 27.7 Å². The topological polar surface area (TPSA) is 131 Å². The van der Waals surface area contributed by atoms with Crippen LogP contribution in [-0.2, 0) is 32.7 Å². The summed E-state index contributed by atoms with van der Waals surface area (Å²) < 4.78 is 33.7. The third-order valence-electron chi connectivity index (χ3n) is 8.56. The highest BCUT2D eigenvalue weighted by Gasteiger charge is 2.21. The Morgan fingerprint density at radius 2 is 1.09 bits per heavy atom. The highest BCUT2D eigenvalue weighted by molar-refractivity contribution is 7.45. The molecular weight excluding hydrogens is 717 g/mol. The van der Waals surface area contributed by atoms with E-state index < -0.39 is 32.5 Å². The zero-order chi connectivity index (χ0) is 40.7. The molecule has 0 radical (unpaired) electrons. The van der Waals surface area contributed by atoms with Crippen molar-refractivity contribution in [3.63, 3.8) is 0 Å². The van der Waals surface area contributed by atoms with Crippen LogP contribution in [0, 0.1) is 0 Å². The van der Waals surface area contributed by atoms with Gasteiger partial charge in [0, 0.05) is 19.4 Å². The maximum atomic E-state index is 12.6. The van der Waals surface area contributed by atoms with Crippen LogP contribution in [0.4, 0.5) is 0 Å². The second kappa shape index (κ2) is 37.3. The minimum atomic E-state index is -4.65. The lowest BCUT2D eigenvalue weighted by Gasteiger charge is -2.28. The van der Waals surface area contributed by atoms with Gasteiger partial charge in [-0.25, -0.2) is 0 Å². The fourth-order valence-electron chi connectivity index (χ4n) is 5.21. The number of carbonyl (C=O) groups excluding carboxylic acids is 2. The Labute approximate surface area is 335 Å². The molecule has 10 nitrogen and oxygen atoms in total. The number of ether oxygens (including phenoxy) is 2. The first-order valence-corrected chi connectivity index (χ1v) is 22.6. The van der Waals surface area contributed by atoms with Crippen molar-refractivity contribution >= 4 is 19.8 Å². The highest BCUT2D eigenvalue weighted by Crippen LogP contribution is 2.38. The maximum Gasteiger partial charge on any atom is 0.306 e. The summed E-state index contributed by atoms with van der Waals surface area (Å²) in [6.07, 6.45) is 41.2. The zero-order valence-corrected chi connectivity index (χ0v) is 35.9. The number of allylic oxidation sites excluding steroid dienone is 10. The molecule has 55 heavy (non-hydrogen) atoms. The van der Waals surface area contributed by atoms with Crippen molar-refractivity contribution in [1.82, 2.24) is 0 Å². The molecule has 0 aromatic heterocycles. The van der Waals surface area contributed by atoms with E-state index >= 15 is 0 Å². The first-order chi connectivity index (χ1) is 26.5. The molecule has 0 saturated heterocycles. The van der Waals surface area contributed by atoms with Gasteiger partial charge in [0.1, 0.15) is 19.8 Å². The summed E-state index contributed by atoms with van der Waals surface area (Å²) in [5, 5.41) is 8.79. The molecule has 11 heteroatoms. The molecule has 0 heterocycles. The van der Waals surface area contributed by atoms with E-state index in [2.05, 4.69) is 61.6 Å². The second-order valence-electron chi connectivity index (χ2n) is 15.1. The van der Waals surface area contributed by atoms with Crippen LogP contribution in [0.2, 0.25) is 0 Å². The van der Waals surface area contributed by atoms with Crippen LogP contribution in [0.15, 0.2) is 60.8 Å². The van der Waals surface area contributed by atoms with Gasteiger partial charge < -0.3 is 33.0 Å². The quantitative estimate of drug-likeness (QED) is 0.0213. The predicted molar refractivity (Wildman–Crippen MR) is 223 cm³/mol. The van der Waals surface area contributed by atoms with Crippen LogP contribution in [0.1, 0.15) is 148 Å². The third-order valence-corrected chi connectivity index (χ3v) is 9.53. The van der Waals surface area contributed by atoms with E-state index in [0.717, 1.165) is 77.0 Å². The van der Waals surface area contributed by atoms with E-state index in [4.69, 9.17) is 23.6 Å². The van der Waals surface area contributed by atoms with E-state index in [-0.39, 0.29) is 32.7 Å². The minimum Gasteiger partial charge on any atom is -0.756 e.